The van der Waals surface area contributed by atoms with Crippen LogP contribution in [-0.2, 0) is 6.61 Å². The zero-order valence-corrected chi connectivity index (χ0v) is 10.5. The van der Waals surface area contributed by atoms with Crippen LogP contribution in [0.3, 0.4) is 0 Å². The van der Waals surface area contributed by atoms with E-state index in [9.17, 15) is 0 Å². The molecule has 0 spiro atoms. The van der Waals surface area contributed by atoms with Gasteiger partial charge in [0.25, 0.3) is 0 Å². The molecule has 1 N–H and O–H groups in total. The molecule has 90 valence electrons. The molecule has 0 radical (unpaired) electrons. The molecule has 3 nitrogen and oxygen atoms in total. The highest BCUT2D eigenvalue weighted by Gasteiger charge is 2.12. The van der Waals surface area contributed by atoms with Crippen molar-refractivity contribution in [1.82, 2.24) is 0 Å². The second kappa shape index (κ2) is 5.97. The van der Waals surface area contributed by atoms with E-state index in [2.05, 4.69) is 13.8 Å². The number of benzene rings is 1. The molecule has 0 amide bonds. The quantitative estimate of drug-likeness (QED) is 0.866. The van der Waals surface area contributed by atoms with Gasteiger partial charge in [0.15, 0.2) is 11.5 Å². The van der Waals surface area contributed by atoms with Gasteiger partial charge in [0.1, 0.15) is 0 Å². The predicted octanol–water partition coefficient (Wildman–Crippen LogP) is 2.88. The first-order chi connectivity index (χ1) is 7.58. The lowest BCUT2D eigenvalue weighted by atomic mass is 10.2. The van der Waals surface area contributed by atoms with Gasteiger partial charge in [-0.2, -0.15) is 0 Å². The van der Waals surface area contributed by atoms with Crippen LogP contribution in [0.4, 0.5) is 0 Å². The van der Waals surface area contributed by atoms with E-state index in [1.807, 2.05) is 0 Å². The standard InChI is InChI=1S/C12H17ClO3/c1-8(2)7-16-12-10(13)4-9(6-14)5-11(12)15-3/h4-5,8,14H,6-7H2,1-3H3. The van der Waals surface area contributed by atoms with Crippen LogP contribution in [0, 0.1) is 5.92 Å². The van der Waals surface area contributed by atoms with Gasteiger partial charge < -0.3 is 14.6 Å². The van der Waals surface area contributed by atoms with Crippen molar-refractivity contribution >= 4 is 11.6 Å². The van der Waals surface area contributed by atoms with Gasteiger partial charge in [0.05, 0.1) is 25.3 Å². The van der Waals surface area contributed by atoms with Gasteiger partial charge in [0.2, 0.25) is 0 Å². The molecule has 0 aliphatic carbocycles. The van der Waals surface area contributed by atoms with E-state index in [0.29, 0.717) is 34.6 Å². The summed E-state index contributed by atoms with van der Waals surface area (Å²) in [6.45, 7) is 4.63. The summed E-state index contributed by atoms with van der Waals surface area (Å²) in [5.74, 6) is 1.51. The normalized spacial score (nSPS) is 10.6. The lowest BCUT2D eigenvalue weighted by molar-refractivity contribution is 0.255. The Hall–Kier alpha value is -0.930. The molecule has 0 atom stereocenters. The molecule has 0 aromatic heterocycles. The van der Waals surface area contributed by atoms with Crippen molar-refractivity contribution in [3.8, 4) is 11.5 Å². The Labute approximate surface area is 101 Å². The van der Waals surface area contributed by atoms with E-state index in [-0.39, 0.29) is 6.61 Å². The van der Waals surface area contributed by atoms with Crippen LogP contribution in [-0.4, -0.2) is 18.8 Å². The van der Waals surface area contributed by atoms with Crippen molar-refractivity contribution in [3.63, 3.8) is 0 Å². The second-order valence-electron chi connectivity index (χ2n) is 3.97. The Morgan fingerprint density at radius 3 is 2.56 bits per heavy atom. The molecule has 0 aliphatic rings. The third-order valence-corrected chi connectivity index (χ3v) is 2.31. The first kappa shape index (κ1) is 13.1. The molecule has 1 rings (SSSR count). The highest BCUT2D eigenvalue weighted by molar-refractivity contribution is 6.32. The lowest BCUT2D eigenvalue weighted by Crippen LogP contribution is -2.06. The maximum Gasteiger partial charge on any atom is 0.179 e. The van der Waals surface area contributed by atoms with Crippen molar-refractivity contribution in [3.05, 3.63) is 22.7 Å². The first-order valence-corrected chi connectivity index (χ1v) is 5.56. The van der Waals surface area contributed by atoms with Gasteiger partial charge in [-0.15, -0.1) is 0 Å². The van der Waals surface area contributed by atoms with E-state index < -0.39 is 0 Å². The number of ether oxygens (including phenoxy) is 2. The van der Waals surface area contributed by atoms with Crippen molar-refractivity contribution in [2.45, 2.75) is 20.5 Å². The number of rotatable bonds is 5. The Morgan fingerprint density at radius 1 is 1.38 bits per heavy atom. The largest absolute Gasteiger partial charge is 0.493 e. The molecule has 0 fully saturated rings. The molecule has 0 saturated carbocycles. The fourth-order valence-corrected chi connectivity index (χ4v) is 1.54. The number of hydrogen-bond acceptors (Lipinski definition) is 3. The summed E-state index contributed by atoms with van der Waals surface area (Å²) in [6.07, 6.45) is 0. The average Bonchev–Trinajstić information content (AvgIpc) is 2.26. The summed E-state index contributed by atoms with van der Waals surface area (Å²) in [7, 11) is 1.55. The molecule has 16 heavy (non-hydrogen) atoms. The van der Waals surface area contributed by atoms with Gasteiger partial charge in [-0.1, -0.05) is 25.4 Å². The molecular formula is C12H17ClO3. The Bertz CT molecular complexity index is 350. The number of hydrogen-bond donors (Lipinski definition) is 1. The Balaban J connectivity index is 2.97. The monoisotopic (exact) mass is 244 g/mol. The van der Waals surface area contributed by atoms with E-state index in [1.165, 1.54) is 0 Å². The van der Waals surface area contributed by atoms with E-state index in [1.54, 1.807) is 19.2 Å². The summed E-state index contributed by atoms with van der Waals surface area (Å²) in [5, 5.41) is 9.50. The Morgan fingerprint density at radius 2 is 2.06 bits per heavy atom. The third-order valence-electron chi connectivity index (χ3n) is 2.03. The average molecular weight is 245 g/mol. The summed E-state index contributed by atoms with van der Waals surface area (Å²) in [4.78, 5) is 0. The first-order valence-electron chi connectivity index (χ1n) is 5.18. The van der Waals surface area contributed by atoms with E-state index in [0.717, 1.165) is 0 Å². The smallest absolute Gasteiger partial charge is 0.179 e. The molecule has 4 heteroatoms. The van der Waals surface area contributed by atoms with Crippen LogP contribution in [0.2, 0.25) is 5.02 Å². The van der Waals surface area contributed by atoms with Crippen LogP contribution in [0.1, 0.15) is 19.4 Å². The molecule has 0 bridgehead atoms. The Kier molecular flexibility index (Phi) is 4.90. The van der Waals surface area contributed by atoms with Crippen LogP contribution in [0.25, 0.3) is 0 Å². The molecule has 1 aromatic carbocycles. The fraction of sp³-hybridized carbons (Fsp3) is 0.500. The molecule has 0 aliphatic heterocycles. The van der Waals surface area contributed by atoms with Crippen molar-refractivity contribution in [1.29, 1.82) is 0 Å². The third kappa shape index (κ3) is 3.29. The minimum absolute atomic E-state index is 0.0689. The fourth-order valence-electron chi connectivity index (χ4n) is 1.25. The maximum atomic E-state index is 9.04. The SMILES string of the molecule is COc1cc(CO)cc(Cl)c1OCC(C)C. The number of methoxy groups -OCH3 is 1. The molecule has 0 saturated heterocycles. The molecular weight excluding hydrogens is 228 g/mol. The number of aliphatic hydroxyl groups excluding tert-OH is 1. The van der Waals surface area contributed by atoms with Crippen molar-refractivity contribution in [2.24, 2.45) is 5.92 Å². The van der Waals surface area contributed by atoms with Gasteiger partial charge >= 0.3 is 0 Å². The van der Waals surface area contributed by atoms with Gasteiger partial charge in [-0.25, -0.2) is 0 Å². The van der Waals surface area contributed by atoms with Gasteiger partial charge in [-0.05, 0) is 23.6 Å². The zero-order chi connectivity index (χ0) is 12.1. The van der Waals surface area contributed by atoms with Gasteiger partial charge in [0, 0.05) is 0 Å². The van der Waals surface area contributed by atoms with Crippen molar-refractivity contribution < 1.29 is 14.6 Å². The van der Waals surface area contributed by atoms with Crippen LogP contribution < -0.4 is 9.47 Å². The molecule has 0 heterocycles. The predicted molar refractivity (Wildman–Crippen MR) is 64.3 cm³/mol. The van der Waals surface area contributed by atoms with E-state index in [4.69, 9.17) is 26.2 Å². The summed E-state index contributed by atoms with van der Waals surface area (Å²) in [5.41, 5.74) is 0.707. The number of halogens is 1. The minimum Gasteiger partial charge on any atom is -0.493 e. The van der Waals surface area contributed by atoms with Crippen LogP contribution >= 0.6 is 11.6 Å². The lowest BCUT2D eigenvalue weighted by Gasteiger charge is -2.14. The molecule has 1 aromatic rings. The van der Waals surface area contributed by atoms with Gasteiger partial charge in [-0.3, -0.25) is 0 Å². The van der Waals surface area contributed by atoms with Crippen LogP contribution in [0.5, 0.6) is 11.5 Å². The summed E-state index contributed by atoms with van der Waals surface area (Å²) < 4.78 is 10.8. The maximum absolute atomic E-state index is 9.04. The number of aliphatic hydroxyl groups is 1. The minimum atomic E-state index is -0.0689. The summed E-state index contributed by atoms with van der Waals surface area (Å²) in [6, 6.07) is 3.40. The summed E-state index contributed by atoms with van der Waals surface area (Å²) >= 11 is 6.06. The second-order valence-corrected chi connectivity index (χ2v) is 4.38. The van der Waals surface area contributed by atoms with Crippen molar-refractivity contribution in [2.75, 3.05) is 13.7 Å². The van der Waals surface area contributed by atoms with E-state index >= 15 is 0 Å². The highest BCUT2D eigenvalue weighted by atomic mass is 35.5. The molecule has 0 unspecified atom stereocenters. The van der Waals surface area contributed by atoms with Crippen LogP contribution in [0.15, 0.2) is 12.1 Å². The topological polar surface area (TPSA) is 38.7 Å². The highest BCUT2D eigenvalue weighted by Crippen LogP contribution is 2.36. The zero-order valence-electron chi connectivity index (χ0n) is 9.79.